The maximum atomic E-state index is 13.7. The minimum Gasteiger partial charge on any atom is -0.497 e. The predicted molar refractivity (Wildman–Crippen MR) is 138 cm³/mol. The average Bonchev–Trinajstić information content (AvgIpc) is 3.39. The molecule has 0 aliphatic carbocycles. The van der Waals surface area contributed by atoms with Crippen LogP contribution in [0.2, 0.25) is 0 Å². The van der Waals surface area contributed by atoms with Crippen molar-refractivity contribution >= 4 is 12.0 Å². The van der Waals surface area contributed by atoms with Gasteiger partial charge in [-0.25, -0.2) is 9.69 Å². The van der Waals surface area contributed by atoms with E-state index in [0.29, 0.717) is 12.2 Å². The first-order chi connectivity index (χ1) is 18.2. The molecule has 0 bridgehead atoms. The Kier molecular flexibility index (Phi) is 8.83. The number of hydrogen-bond donors (Lipinski definition) is 1. The summed E-state index contributed by atoms with van der Waals surface area (Å²) in [5, 5.41) is 11.1. The number of aliphatic hydroxyl groups is 1. The van der Waals surface area contributed by atoms with Crippen molar-refractivity contribution in [3.05, 3.63) is 77.9 Å². The Bertz CT molecular complexity index is 1120. The van der Waals surface area contributed by atoms with E-state index in [1.165, 1.54) is 6.08 Å². The standard InChI is InChI=1S/C29H35NO8/c1-19-25(38-29(2,3)37-19)15-14-24(31)26(35-17-21-10-12-23(34-4)13-11-21)27(32)30-22(18-36-28(30)33)16-20-8-6-5-7-9-20/h5-15,19,22,24-26,31H,16-18H2,1-4H3/b15-14+/t19-,22-,24+,25-,26-/m0/s1. The number of ether oxygens (including phenoxy) is 5. The van der Waals surface area contributed by atoms with Gasteiger partial charge in [-0.2, -0.15) is 0 Å². The third-order valence-corrected chi connectivity index (χ3v) is 6.51. The molecule has 0 unspecified atom stereocenters. The van der Waals surface area contributed by atoms with Crippen molar-refractivity contribution in [2.75, 3.05) is 13.7 Å². The average molecular weight is 526 g/mol. The summed E-state index contributed by atoms with van der Waals surface area (Å²) in [5.41, 5.74) is 1.73. The molecule has 2 heterocycles. The molecular formula is C29H35NO8. The normalized spacial score (nSPS) is 24.4. The molecule has 4 rings (SSSR count). The lowest BCUT2D eigenvalue weighted by atomic mass is 10.0. The number of carbonyl (C=O) groups excluding carboxylic acids is 2. The number of rotatable bonds is 10. The van der Waals surface area contributed by atoms with Gasteiger partial charge in [0.25, 0.3) is 5.91 Å². The van der Waals surface area contributed by atoms with Crippen LogP contribution in [0.5, 0.6) is 5.75 Å². The third-order valence-electron chi connectivity index (χ3n) is 6.51. The minimum absolute atomic E-state index is 0.0318. The Labute approximate surface area is 222 Å². The van der Waals surface area contributed by atoms with Crippen LogP contribution in [0.1, 0.15) is 31.9 Å². The van der Waals surface area contributed by atoms with Gasteiger partial charge in [0.1, 0.15) is 24.6 Å². The first-order valence-electron chi connectivity index (χ1n) is 12.7. The number of cyclic esters (lactones) is 1. The molecule has 2 aromatic rings. The number of amides is 2. The summed E-state index contributed by atoms with van der Waals surface area (Å²) < 4.78 is 28.0. The lowest BCUT2D eigenvalue weighted by molar-refractivity contribution is -0.148. The zero-order valence-corrected chi connectivity index (χ0v) is 22.1. The molecule has 0 radical (unpaired) electrons. The van der Waals surface area contributed by atoms with Crippen molar-refractivity contribution in [2.45, 2.75) is 70.0 Å². The molecule has 2 saturated heterocycles. The third kappa shape index (κ3) is 6.79. The fourth-order valence-electron chi connectivity index (χ4n) is 4.61. The van der Waals surface area contributed by atoms with Crippen LogP contribution >= 0.6 is 0 Å². The highest BCUT2D eigenvalue weighted by molar-refractivity contribution is 5.96. The van der Waals surface area contributed by atoms with Crippen molar-refractivity contribution in [3.63, 3.8) is 0 Å². The Morgan fingerprint density at radius 2 is 1.84 bits per heavy atom. The molecule has 5 atom stereocenters. The smallest absolute Gasteiger partial charge is 0.417 e. The number of methoxy groups -OCH3 is 1. The largest absolute Gasteiger partial charge is 0.497 e. The second-order valence-corrected chi connectivity index (χ2v) is 9.89. The predicted octanol–water partition coefficient (Wildman–Crippen LogP) is 3.63. The lowest BCUT2D eigenvalue weighted by Gasteiger charge is -2.27. The first kappa shape index (κ1) is 27.8. The molecular weight excluding hydrogens is 490 g/mol. The van der Waals surface area contributed by atoms with E-state index in [4.69, 9.17) is 23.7 Å². The fourth-order valence-corrected chi connectivity index (χ4v) is 4.61. The van der Waals surface area contributed by atoms with Crippen LogP contribution in [-0.4, -0.2) is 72.0 Å². The number of aliphatic hydroxyl groups excluding tert-OH is 1. The molecule has 2 fully saturated rings. The molecule has 38 heavy (non-hydrogen) atoms. The van der Waals surface area contributed by atoms with E-state index in [0.717, 1.165) is 16.0 Å². The molecule has 1 N–H and O–H groups in total. The van der Waals surface area contributed by atoms with Gasteiger partial charge in [-0.15, -0.1) is 0 Å². The summed E-state index contributed by atoms with van der Waals surface area (Å²) in [4.78, 5) is 27.4. The van der Waals surface area contributed by atoms with Gasteiger partial charge in [0.15, 0.2) is 11.9 Å². The van der Waals surface area contributed by atoms with Crippen LogP contribution in [0.4, 0.5) is 4.79 Å². The molecule has 0 saturated carbocycles. The Morgan fingerprint density at radius 3 is 2.47 bits per heavy atom. The summed E-state index contributed by atoms with van der Waals surface area (Å²) in [6.07, 6.45) is -0.593. The number of benzene rings is 2. The van der Waals surface area contributed by atoms with Crippen LogP contribution in [0.15, 0.2) is 66.7 Å². The molecule has 2 amide bonds. The van der Waals surface area contributed by atoms with Gasteiger partial charge in [-0.05, 0) is 50.5 Å². The van der Waals surface area contributed by atoms with Crippen LogP contribution in [0.25, 0.3) is 0 Å². The van der Waals surface area contributed by atoms with E-state index >= 15 is 0 Å². The Morgan fingerprint density at radius 1 is 1.13 bits per heavy atom. The highest BCUT2D eigenvalue weighted by Crippen LogP contribution is 2.29. The van der Waals surface area contributed by atoms with Gasteiger partial charge in [0, 0.05) is 0 Å². The molecule has 9 nitrogen and oxygen atoms in total. The molecule has 0 aromatic heterocycles. The van der Waals surface area contributed by atoms with Crippen molar-refractivity contribution in [1.29, 1.82) is 0 Å². The van der Waals surface area contributed by atoms with Gasteiger partial charge < -0.3 is 28.8 Å². The molecule has 9 heteroatoms. The van der Waals surface area contributed by atoms with Gasteiger partial charge >= 0.3 is 6.09 Å². The second kappa shape index (κ2) is 12.1. The second-order valence-electron chi connectivity index (χ2n) is 9.89. The van der Waals surface area contributed by atoms with Gasteiger partial charge in [-0.1, -0.05) is 54.6 Å². The number of imide groups is 1. The zero-order valence-electron chi connectivity index (χ0n) is 22.1. The fraction of sp³-hybridized carbons (Fsp3) is 0.448. The van der Waals surface area contributed by atoms with Gasteiger partial charge in [-0.3, -0.25) is 4.79 Å². The summed E-state index contributed by atoms with van der Waals surface area (Å²) in [6.45, 7) is 5.59. The Balaban J connectivity index is 1.53. The van der Waals surface area contributed by atoms with Crippen LogP contribution < -0.4 is 4.74 Å². The quantitative estimate of drug-likeness (QED) is 0.469. The minimum atomic E-state index is -1.36. The number of hydrogen-bond acceptors (Lipinski definition) is 8. The van der Waals surface area contributed by atoms with E-state index in [9.17, 15) is 14.7 Å². The summed E-state index contributed by atoms with van der Waals surface area (Å²) in [5.74, 6) is -0.747. The summed E-state index contributed by atoms with van der Waals surface area (Å²) in [7, 11) is 1.57. The summed E-state index contributed by atoms with van der Waals surface area (Å²) >= 11 is 0. The Hall–Kier alpha value is -3.24. The van der Waals surface area contributed by atoms with E-state index in [1.54, 1.807) is 37.5 Å². The van der Waals surface area contributed by atoms with E-state index in [1.807, 2.05) is 51.1 Å². The number of carbonyl (C=O) groups is 2. The highest BCUT2D eigenvalue weighted by atomic mass is 16.7. The van der Waals surface area contributed by atoms with E-state index in [2.05, 4.69) is 0 Å². The van der Waals surface area contributed by atoms with Crippen molar-refractivity contribution < 1.29 is 38.4 Å². The van der Waals surface area contributed by atoms with Gasteiger partial charge in [0.05, 0.1) is 25.9 Å². The molecule has 2 aromatic carbocycles. The zero-order chi connectivity index (χ0) is 27.3. The van der Waals surface area contributed by atoms with Gasteiger partial charge in [0.2, 0.25) is 0 Å². The first-order valence-corrected chi connectivity index (χ1v) is 12.7. The topological polar surface area (TPSA) is 104 Å². The molecule has 204 valence electrons. The number of nitrogens with zero attached hydrogens (tertiary/aromatic N) is 1. The maximum Gasteiger partial charge on any atom is 0.417 e. The van der Waals surface area contributed by atoms with Crippen molar-refractivity contribution in [1.82, 2.24) is 4.90 Å². The molecule has 2 aliphatic rings. The van der Waals surface area contributed by atoms with Crippen molar-refractivity contribution in [3.8, 4) is 5.75 Å². The maximum absolute atomic E-state index is 13.7. The van der Waals surface area contributed by atoms with Crippen molar-refractivity contribution in [2.24, 2.45) is 0 Å². The molecule has 0 spiro atoms. The monoisotopic (exact) mass is 525 g/mol. The van der Waals surface area contributed by atoms with E-state index < -0.39 is 42.1 Å². The highest BCUT2D eigenvalue weighted by Gasteiger charge is 2.43. The SMILES string of the molecule is COc1ccc(CO[C@H](C(=O)N2C(=O)OC[C@@H]2Cc2ccccc2)[C@H](O)/C=C/[C@@H]2OC(C)(C)O[C@H]2C)cc1. The van der Waals surface area contributed by atoms with Crippen LogP contribution in [-0.2, 0) is 36.8 Å². The van der Waals surface area contributed by atoms with Crippen LogP contribution in [0.3, 0.4) is 0 Å². The molecule has 2 aliphatic heterocycles. The lowest BCUT2D eigenvalue weighted by Crippen LogP contribution is -2.50. The van der Waals surface area contributed by atoms with E-state index in [-0.39, 0.29) is 19.3 Å². The van der Waals surface area contributed by atoms with Crippen LogP contribution in [0, 0.1) is 0 Å². The summed E-state index contributed by atoms with van der Waals surface area (Å²) in [6, 6.07) is 16.2.